The molecule has 1 amide bonds. The molecule has 41 heavy (non-hydrogen) atoms. The van der Waals surface area contributed by atoms with Crippen LogP contribution in [0, 0.1) is 11.8 Å². The normalized spacial score (nSPS) is 17.1. The molecule has 4 aromatic rings. The predicted molar refractivity (Wildman–Crippen MR) is 155 cm³/mol. The van der Waals surface area contributed by atoms with E-state index >= 15 is 0 Å². The van der Waals surface area contributed by atoms with Gasteiger partial charge < -0.3 is 19.9 Å². The second-order valence-electron chi connectivity index (χ2n) is 10.4. The molecule has 6 heterocycles. The van der Waals surface area contributed by atoms with Crippen LogP contribution in [0.15, 0.2) is 47.4 Å². The summed E-state index contributed by atoms with van der Waals surface area (Å²) in [6, 6.07) is 11.7. The standard InChI is InChI=1S/C29H29N9O3/c1-34-14-16-35(17-15-34)21-8-6-20(7-9-21)31-29-30-18-22-26(33-29)38-24-11-10-23-27(32-24)36(25(39)19-41-23)12-4-2-3-5-13-37(38)28(22)40/h6-11,18H,2,4,12-17,19H2,1H3,(H,30,31,33). The Balaban J connectivity index is 1.27. The largest absolute Gasteiger partial charge is 0.480 e. The molecule has 0 spiro atoms. The number of nitrogens with one attached hydrogen (secondary N) is 1. The second kappa shape index (κ2) is 10.3. The predicted octanol–water partition coefficient (Wildman–Crippen LogP) is 2.00. The van der Waals surface area contributed by atoms with Crippen LogP contribution in [0.5, 0.6) is 5.75 Å². The molecule has 12 nitrogen and oxygen atoms in total. The van der Waals surface area contributed by atoms with Gasteiger partial charge in [0.15, 0.2) is 29.6 Å². The zero-order valence-electron chi connectivity index (χ0n) is 22.7. The maximum atomic E-state index is 13.5. The molecule has 1 N–H and O–H groups in total. The van der Waals surface area contributed by atoms with Gasteiger partial charge in [-0.15, -0.1) is 5.92 Å². The molecule has 12 heteroatoms. The van der Waals surface area contributed by atoms with E-state index in [0.29, 0.717) is 53.8 Å². The van der Waals surface area contributed by atoms with Crippen molar-refractivity contribution in [2.75, 3.05) is 61.5 Å². The molecule has 3 aliphatic heterocycles. The van der Waals surface area contributed by atoms with Gasteiger partial charge in [0, 0.05) is 56.7 Å². The maximum absolute atomic E-state index is 13.5. The van der Waals surface area contributed by atoms with Gasteiger partial charge in [-0.3, -0.25) is 14.5 Å². The monoisotopic (exact) mass is 551 g/mol. The van der Waals surface area contributed by atoms with Crippen LogP contribution < -0.4 is 25.4 Å². The topological polar surface area (TPSA) is 114 Å². The van der Waals surface area contributed by atoms with Crippen LogP contribution in [0.2, 0.25) is 0 Å². The Morgan fingerprint density at radius 3 is 2.61 bits per heavy atom. The first-order valence-corrected chi connectivity index (χ1v) is 13.7. The quantitative estimate of drug-likeness (QED) is 0.382. The number of amides is 1. The van der Waals surface area contributed by atoms with E-state index in [9.17, 15) is 9.59 Å². The van der Waals surface area contributed by atoms with Crippen LogP contribution in [-0.2, 0) is 11.3 Å². The summed E-state index contributed by atoms with van der Waals surface area (Å²) in [4.78, 5) is 46.4. The number of fused-ring (bicyclic) bond motifs is 5. The van der Waals surface area contributed by atoms with Crippen molar-refractivity contribution in [2.45, 2.75) is 19.4 Å². The number of benzene rings is 1. The molecule has 3 aromatic heterocycles. The number of aromatic nitrogens is 5. The molecule has 1 fully saturated rings. The Hall–Kier alpha value is -4.89. The minimum Gasteiger partial charge on any atom is -0.480 e. The van der Waals surface area contributed by atoms with Crippen molar-refractivity contribution in [1.29, 1.82) is 0 Å². The molecule has 0 radical (unpaired) electrons. The van der Waals surface area contributed by atoms with Crippen molar-refractivity contribution in [1.82, 2.24) is 29.2 Å². The lowest BCUT2D eigenvalue weighted by Gasteiger charge is -2.34. The van der Waals surface area contributed by atoms with Gasteiger partial charge in [0.05, 0.1) is 0 Å². The van der Waals surface area contributed by atoms with E-state index in [2.05, 4.69) is 51.1 Å². The van der Waals surface area contributed by atoms with Crippen molar-refractivity contribution in [3.8, 4) is 23.4 Å². The summed E-state index contributed by atoms with van der Waals surface area (Å²) in [6.45, 7) is 4.71. The summed E-state index contributed by atoms with van der Waals surface area (Å²) < 4.78 is 8.79. The third-order valence-electron chi connectivity index (χ3n) is 7.65. The highest BCUT2D eigenvalue weighted by molar-refractivity contribution is 5.96. The van der Waals surface area contributed by atoms with E-state index in [-0.39, 0.29) is 24.6 Å². The number of pyridine rings is 1. The van der Waals surface area contributed by atoms with E-state index in [1.807, 2.05) is 12.1 Å². The maximum Gasteiger partial charge on any atom is 0.279 e. The molecule has 2 bridgehead atoms. The minimum atomic E-state index is -0.266. The smallest absolute Gasteiger partial charge is 0.279 e. The summed E-state index contributed by atoms with van der Waals surface area (Å²) in [5.74, 6) is 7.80. The molecule has 1 saturated heterocycles. The van der Waals surface area contributed by atoms with Gasteiger partial charge >= 0.3 is 0 Å². The number of likely N-dealkylation sites (N-methyl/N-ethyl adjacent to an activating group) is 1. The molecule has 0 atom stereocenters. The highest BCUT2D eigenvalue weighted by atomic mass is 16.5. The Morgan fingerprint density at radius 2 is 1.78 bits per heavy atom. The van der Waals surface area contributed by atoms with E-state index in [4.69, 9.17) is 14.7 Å². The lowest BCUT2D eigenvalue weighted by molar-refractivity contribution is -0.121. The van der Waals surface area contributed by atoms with E-state index in [1.165, 1.54) is 16.6 Å². The highest BCUT2D eigenvalue weighted by Crippen LogP contribution is 2.32. The van der Waals surface area contributed by atoms with Crippen LogP contribution in [0.25, 0.3) is 16.9 Å². The van der Waals surface area contributed by atoms with Crippen LogP contribution in [0.4, 0.5) is 23.1 Å². The van der Waals surface area contributed by atoms with Crippen molar-refractivity contribution in [2.24, 2.45) is 0 Å². The van der Waals surface area contributed by atoms with Crippen LogP contribution >= 0.6 is 0 Å². The van der Waals surface area contributed by atoms with Crippen molar-refractivity contribution >= 4 is 40.1 Å². The molecule has 1 aromatic carbocycles. The zero-order valence-corrected chi connectivity index (χ0v) is 22.7. The van der Waals surface area contributed by atoms with Gasteiger partial charge in [-0.05, 0) is 49.9 Å². The van der Waals surface area contributed by atoms with Gasteiger partial charge in [-0.2, -0.15) is 4.98 Å². The average molecular weight is 552 g/mol. The fourth-order valence-corrected chi connectivity index (χ4v) is 5.37. The van der Waals surface area contributed by atoms with E-state index < -0.39 is 0 Å². The average Bonchev–Trinajstić information content (AvgIpc) is 3.26. The van der Waals surface area contributed by atoms with Gasteiger partial charge in [0.1, 0.15) is 11.9 Å². The summed E-state index contributed by atoms with van der Waals surface area (Å²) in [7, 11) is 2.14. The molecular formula is C29H29N9O3. The third kappa shape index (κ3) is 4.64. The molecule has 0 aliphatic carbocycles. The van der Waals surface area contributed by atoms with Crippen LogP contribution in [0.3, 0.4) is 0 Å². The first kappa shape index (κ1) is 25.1. The molecule has 3 aliphatic rings. The van der Waals surface area contributed by atoms with E-state index in [1.54, 1.807) is 21.7 Å². The molecule has 208 valence electrons. The Labute approximate surface area is 236 Å². The van der Waals surface area contributed by atoms with E-state index in [0.717, 1.165) is 31.9 Å². The molecule has 7 rings (SSSR count). The first-order valence-electron chi connectivity index (χ1n) is 13.7. The number of nitrogens with zero attached hydrogens (tertiary/aromatic N) is 8. The highest BCUT2D eigenvalue weighted by Gasteiger charge is 2.28. The lowest BCUT2D eigenvalue weighted by atomic mass is 10.2. The van der Waals surface area contributed by atoms with Gasteiger partial charge in [0.2, 0.25) is 5.95 Å². The van der Waals surface area contributed by atoms with Gasteiger partial charge in [0.25, 0.3) is 11.5 Å². The number of carbonyl (C=O) groups excluding carboxylic acids is 1. The van der Waals surface area contributed by atoms with Crippen molar-refractivity contribution in [3.63, 3.8) is 0 Å². The third-order valence-corrected chi connectivity index (χ3v) is 7.65. The fraction of sp³-hybridized carbons (Fsp3) is 0.345. The van der Waals surface area contributed by atoms with Gasteiger partial charge in [-0.1, -0.05) is 5.92 Å². The summed E-state index contributed by atoms with van der Waals surface area (Å²) in [6.07, 6.45) is 2.82. The van der Waals surface area contributed by atoms with Crippen molar-refractivity contribution < 1.29 is 9.53 Å². The number of rotatable bonds is 3. The van der Waals surface area contributed by atoms with Crippen LogP contribution in [0.1, 0.15) is 12.8 Å². The lowest BCUT2D eigenvalue weighted by Crippen LogP contribution is -2.44. The molecule has 0 unspecified atom stereocenters. The number of piperazine rings is 1. The Morgan fingerprint density at radius 1 is 0.951 bits per heavy atom. The minimum absolute atomic E-state index is 0.0323. The van der Waals surface area contributed by atoms with Crippen LogP contribution in [-0.4, -0.2) is 81.5 Å². The molecule has 0 saturated carbocycles. The number of anilines is 4. The zero-order chi connectivity index (χ0) is 27.9. The fourth-order valence-electron chi connectivity index (χ4n) is 5.37. The first-order chi connectivity index (χ1) is 20.0. The SMILES string of the molecule is CN1CCN(c2ccc(Nc3ncc4c(=O)n5n(c4n3)-c3ccc4c(n3)N(CCCC#CC5)C(=O)CO4)cc2)CC1. The number of hydrogen-bond acceptors (Lipinski definition) is 9. The number of hydrogen-bond donors (Lipinski definition) is 1. The Bertz CT molecular complexity index is 1760. The van der Waals surface area contributed by atoms with Gasteiger partial charge in [-0.25, -0.2) is 19.3 Å². The summed E-state index contributed by atoms with van der Waals surface area (Å²) >= 11 is 0. The van der Waals surface area contributed by atoms with Crippen molar-refractivity contribution in [3.05, 3.63) is 52.9 Å². The second-order valence-corrected chi connectivity index (χ2v) is 10.4. The summed E-state index contributed by atoms with van der Waals surface area (Å²) in [5.41, 5.74) is 2.14. The molecular weight excluding hydrogens is 522 g/mol. The summed E-state index contributed by atoms with van der Waals surface area (Å²) in [5, 5.41) is 3.62. The number of carbonyl (C=O) groups is 1. The Kier molecular flexibility index (Phi) is 6.28. The number of ether oxygens (including phenoxy) is 1.